The van der Waals surface area contributed by atoms with Gasteiger partial charge in [-0.3, -0.25) is 5.32 Å². The molecular formula is C12H11BrN2O2. The molecule has 0 atom stereocenters. The van der Waals surface area contributed by atoms with E-state index in [0.717, 1.165) is 5.56 Å². The summed E-state index contributed by atoms with van der Waals surface area (Å²) in [6.45, 7) is 0.481. The van der Waals surface area contributed by atoms with Crippen molar-refractivity contribution in [3.63, 3.8) is 0 Å². The van der Waals surface area contributed by atoms with Crippen LogP contribution >= 0.6 is 15.9 Å². The van der Waals surface area contributed by atoms with Crippen LogP contribution in [-0.2, 0) is 6.54 Å². The van der Waals surface area contributed by atoms with E-state index in [-0.39, 0.29) is 6.03 Å². The van der Waals surface area contributed by atoms with Gasteiger partial charge in [0.1, 0.15) is 0 Å². The van der Waals surface area contributed by atoms with Gasteiger partial charge in [0.2, 0.25) is 5.88 Å². The Labute approximate surface area is 107 Å². The number of nitrogens with one attached hydrogen (secondary N) is 2. The number of amides is 2. The smallest absolute Gasteiger partial charge is 0.321 e. The Kier molecular flexibility index (Phi) is 3.82. The van der Waals surface area contributed by atoms with Crippen LogP contribution in [0.1, 0.15) is 5.56 Å². The fourth-order valence-electron chi connectivity index (χ4n) is 1.32. The number of benzene rings is 1. The predicted molar refractivity (Wildman–Crippen MR) is 68.7 cm³/mol. The summed E-state index contributed by atoms with van der Waals surface area (Å²) in [7, 11) is 0. The van der Waals surface area contributed by atoms with Crippen LogP contribution in [-0.4, -0.2) is 6.03 Å². The Morgan fingerprint density at radius 3 is 2.59 bits per heavy atom. The molecule has 2 amide bonds. The van der Waals surface area contributed by atoms with Gasteiger partial charge in [-0.1, -0.05) is 30.3 Å². The first-order valence-corrected chi connectivity index (χ1v) is 5.87. The third kappa shape index (κ3) is 3.64. The van der Waals surface area contributed by atoms with Crippen LogP contribution in [0.3, 0.4) is 0 Å². The second kappa shape index (κ2) is 5.54. The minimum absolute atomic E-state index is 0.296. The number of hydrogen-bond donors (Lipinski definition) is 2. The van der Waals surface area contributed by atoms with Crippen molar-refractivity contribution in [2.75, 3.05) is 5.32 Å². The molecule has 0 radical (unpaired) electrons. The molecule has 0 aliphatic heterocycles. The van der Waals surface area contributed by atoms with Gasteiger partial charge < -0.3 is 9.73 Å². The molecule has 4 nitrogen and oxygen atoms in total. The zero-order chi connectivity index (χ0) is 12.1. The summed E-state index contributed by atoms with van der Waals surface area (Å²) in [5, 5.41) is 5.32. The number of carbonyl (C=O) groups excluding carboxylic acids is 1. The van der Waals surface area contributed by atoms with Crippen molar-refractivity contribution in [3.8, 4) is 0 Å². The summed E-state index contributed by atoms with van der Waals surface area (Å²) in [5.74, 6) is 0.405. The van der Waals surface area contributed by atoms with Crippen molar-refractivity contribution >= 4 is 27.8 Å². The van der Waals surface area contributed by atoms with Crippen molar-refractivity contribution in [2.45, 2.75) is 6.54 Å². The van der Waals surface area contributed by atoms with E-state index in [1.165, 1.54) is 0 Å². The molecule has 1 aromatic carbocycles. The van der Waals surface area contributed by atoms with Crippen LogP contribution in [0, 0.1) is 0 Å². The molecule has 0 spiro atoms. The van der Waals surface area contributed by atoms with Gasteiger partial charge >= 0.3 is 6.03 Å². The highest BCUT2D eigenvalue weighted by Gasteiger charge is 2.04. The molecule has 0 unspecified atom stereocenters. The van der Waals surface area contributed by atoms with Crippen molar-refractivity contribution in [1.82, 2.24) is 5.32 Å². The van der Waals surface area contributed by atoms with E-state index in [4.69, 9.17) is 4.42 Å². The molecule has 2 N–H and O–H groups in total. The fourth-order valence-corrected chi connectivity index (χ4v) is 1.62. The van der Waals surface area contributed by atoms with Crippen LogP contribution in [0.5, 0.6) is 0 Å². The molecule has 0 aliphatic rings. The lowest BCUT2D eigenvalue weighted by molar-refractivity contribution is 0.251. The highest BCUT2D eigenvalue weighted by Crippen LogP contribution is 2.17. The maximum Gasteiger partial charge on any atom is 0.321 e. The second-order valence-electron chi connectivity index (χ2n) is 3.40. The molecule has 2 aromatic rings. The quantitative estimate of drug-likeness (QED) is 0.912. The van der Waals surface area contributed by atoms with Crippen LogP contribution in [0.2, 0.25) is 0 Å². The molecule has 0 saturated heterocycles. The van der Waals surface area contributed by atoms with Gasteiger partial charge in [-0.2, -0.15) is 0 Å². The Morgan fingerprint density at radius 2 is 1.94 bits per heavy atom. The van der Waals surface area contributed by atoms with E-state index in [1.807, 2.05) is 30.3 Å². The Hall–Kier alpha value is -1.75. The highest BCUT2D eigenvalue weighted by atomic mass is 79.9. The monoisotopic (exact) mass is 294 g/mol. The van der Waals surface area contributed by atoms with E-state index in [9.17, 15) is 4.79 Å². The summed E-state index contributed by atoms with van der Waals surface area (Å²) < 4.78 is 5.73. The Balaban J connectivity index is 1.82. The van der Waals surface area contributed by atoms with Crippen LogP contribution in [0.25, 0.3) is 0 Å². The second-order valence-corrected chi connectivity index (χ2v) is 4.18. The lowest BCUT2D eigenvalue weighted by Crippen LogP contribution is -2.27. The van der Waals surface area contributed by atoms with Crippen molar-refractivity contribution in [1.29, 1.82) is 0 Å². The molecule has 0 saturated carbocycles. The summed E-state index contributed by atoms with van der Waals surface area (Å²) in [4.78, 5) is 11.5. The first-order chi connectivity index (χ1) is 8.24. The number of furan rings is 1. The van der Waals surface area contributed by atoms with Gasteiger partial charge in [0.25, 0.3) is 0 Å². The van der Waals surface area contributed by atoms with E-state index in [1.54, 1.807) is 12.1 Å². The Morgan fingerprint density at radius 1 is 1.18 bits per heavy atom. The fraction of sp³-hybridized carbons (Fsp3) is 0.0833. The van der Waals surface area contributed by atoms with Crippen LogP contribution in [0.4, 0.5) is 10.7 Å². The number of anilines is 1. The molecular weight excluding hydrogens is 284 g/mol. The molecule has 5 heteroatoms. The van der Waals surface area contributed by atoms with Gasteiger partial charge in [0.05, 0.1) is 0 Å². The van der Waals surface area contributed by atoms with E-state index in [0.29, 0.717) is 17.1 Å². The lowest BCUT2D eigenvalue weighted by Gasteiger charge is -2.05. The Bertz CT molecular complexity index is 496. The minimum atomic E-state index is -0.296. The summed E-state index contributed by atoms with van der Waals surface area (Å²) >= 11 is 3.16. The van der Waals surface area contributed by atoms with E-state index < -0.39 is 0 Å². The third-order valence-electron chi connectivity index (χ3n) is 2.11. The molecule has 17 heavy (non-hydrogen) atoms. The number of rotatable bonds is 3. The molecule has 2 rings (SSSR count). The molecule has 0 bridgehead atoms. The number of hydrogen-bond acceptors (Lipinski definition) is 2. The summed E-state index contributed by atoms with van der Waals surface area (Å²) in [5.41, 5.74) is 1.04. The van der Waals surface area contributed by atoms with Crippen molar-refractivity contribution in [3.05, 3.63) is 52.7 Å². The van der Waals surface area contributed by atoms with Gasteiger partial charge in [0, 0.05) is 12.6 Å². The zero-order valence-corrected chi connectivity index (χ0v) is 10.5. The molecule has 1 aromatic heterocycles. The average molecular weight is 295 g/mol. The van der Waals surface area contributed by atoms with Gasteiger partial charge in [0.15, 0.2) is 4.67 Å². The SMILES string of the molecule is O=C(NCc1ccccc1)Nc1ccc(Br)o1. The first-order valence-electron chi connectivity index (χ1n) is 5.08. The van der Waals surface area contributed by atoms with Crippen LogP contribution < -0.4 is 10.6 Å². The minimum Gasteiger partial charge on any atom is -0.434 e. The normalized spacial score (nSPS) is 9.94. The molecule has 1 heterocycles. The molecule has 0 fully saturated rings. The van der Waals surface area contributed by atoms with Gasteiger partial charge in [-0.15, -0.1) is 0 Å². The maximum atomic E-state index is 11.5. The standard InChI is InChI=1S/C12H11BrN2O2/c13-10-6-7-11(17-10)15-12(16)14-8-9-4-2-1-3-5-9/h1-7H,8H2,(H2,14,15,16). The van der Waals surface area contributed by atoms with Crippen LogP contribution in [0.15, 0.2) is 51.6 Å². The van der Waals surface area contributed by atoms with Gasteiger partial charge in [-0.05, 0) is 27.6 Å². The highest BCUT2D eigenvalue weighted by molar-refractivity contribution is 9.10. The summed E-state index contributed by atoms with van der Waals surface area (Å²) in [6.07, 6.45) is 0. The lowest BCUT2D eigenvalue weighted by atomic mass is 10.2. The zero-order valence-electron chi connectivity index (χ0n) is 8.94. The number of halogens is 1. The van der Waals surface area contributed by atoms with Crippen molar-refractivity contribution < 1.29 is 9.21 Å². The molecule has 0 aliphatic carbocycles. The number of urea groups is 1. The predicted octanol–water partition coefficient (Wildman–Crippen LogP) is 3.36. The average Bonchev–Trinajstić information content (AvgIpc) is 2.73. The van der Waals surface area contributed by atoms with Gasteiger partial charge in [-0.25, -0.2) is 4.79 Å². The molecule has 88 valence electrons. The van der Waals surface area contributed by atoms with E-state index >= 15 is 0 Å². The summed E-state index contributed by atoms with van der Waals surface area (Å²) in [6, 6.07) is 12.8. The van der Waals surface area contributed by atoms with E-state index in [2.05, 4.69) is 26.6 Å². The third-order valence-corrected chi connectivity index (χ3v) is 2.53. The number of carbonyl (C=O) groups is 1. The first kappa shape index (κ1) is 11.7. The maximum absolute atomic E-state index is 11.5. The largest absolute Gasteiger partial charge is 0.434 e. The topological polar surface area (TPSA) is 54.3 Å². The van der Waals surface area contributed by atoms with Crippen molar-refractivity contribution in [2.24, 2.45) is 0 Å².